The van der Waals surface area contributed by atoms with Crippen LogP contribution in [0.4, 0.5) is 9.59 Å². The van der Waals surface area contributed by atoms with Crippen molar-refractivity contribution < 1.29 is 28.7 Å². The minimum Gasteiger partial charge on any atom is -0.444 e. The number of hydrogen-bond donors (Lipinski definition) is 0. The molecule has 360 valence electrons. The summed E-state index contributed by atoms with van der Waals surface area (Å²) in [5.74, 6) is -0.163. The van der Waals surface area contributed by atoms with Gasteiger partial charge in [-0.05, 0) is 74.9 Å². The SMILES string of the molecule is CC(C)(C)OC(=O)N1CCN(Cc2ccccc2)C(=O)[C@@]2(c3ccccc3)[C@@H]1[C@@H]2c1ccccc1.CC(C)(C)OC(=O)N1CCN(Cc2ccccc2)C(=O)[C@@]2(c3ccccc3)[C@@H]1[C@@H]2c1ccccc1. The Labute approximate surface area is 412 Å². The molecular formula is C60H64N4O6. The summed E-state index contributed by atoms with van der Waals surface area (Å²) in [6, 6.07) is 59.5. The van der Waals surface area contributed by atoms with Gasteiger partial charge in [0.2, 0.25) is 11.8 Å². The molecule has 0 bridgehead atoms. The van der Waals surface area contributed by atoms with Gasteiger partial charge in [0.1, 0.15) is 22.0 Å². The topological polar surface area (TPSA) is 99.7 Å². The monoisotopic (exact) mass is 936 g/mol. The Hall–Kier alpha value is -7.20. The fraction of sp³-hybridized carbons (Fsp3) is 0.333. The van der Waals surface area contributed by atoms with Crippen LogP contribution in [0, 0.1) is 0 Å². The summed E-state index contributed by atoms with van der Waals surface area (Å²) < 4.78 is 11.7. The highest BCUT2D eigenvalue weighted by Gasteiger charge is 2.76. The van der Waals surface area contributed by atoms with Crippen LogP contribution in [0.2, 0.25) is 0 Å². The van der Waals surface area contributed by atoms with E-state index in [2.05, 4.69) is 24.3 Å². The van der Waals surface area contributed by atoms with Crippen LogP contribution in [0.5, 0.6) is 0 Å². The van der Waals surface area contributed by atoms with Gasteiger partial charge in [0, 0.05) is 51.1 Å². The highest BCUT2D eigenvalue weighted by atomic mass is 16.6. The summed E-state index contributed by atoms with van der Waals surface area (Å²) in [7, 11) is 0. The van der Waals surface area contributed by atoms with Gasteiger partial charge in [-0.25, -0.2) is 9.59 Å². The van der Waals surface area contributed by atoms with Crippen molar-refractivity contribution in [2.45, 2.75) is 101 Å². The lowest BCUT2D eigenvalue weighted by atomic mass is 9.88. The van der Waals surface area contributed by atoms with Crippen molar-refractivity contribution in [1.82, 2.24) is 19.6 Å². The molecule has 0 radical (unpaired) electrons. The number of ether oxygens (including phenoxy) is 2. The van der Waals surface area contributed by atoms with Crippen molar-refractivity contribution in [2.75, 3.05) is 26.2 Å². The molecule has 0 spiro atoms. The van der Waals surface area contributed by atoms with Crippen LogP contribution in [-0.2, 0) is 43.0 Å². The summed E-state index contributed by atoms with van der Waals surface area (Å²) in [4.78, 5) is 63.4. The third kappa shape index (κ3) is 9.31. The van der Waals surface area contributed by atoms with E-state index < -0.39 is 22.0 Å². The lowest BCUT2D eigenvalue weighted by Crippen LogP contribution is -2.41. The number of carbonyl (C=O) groups is 4. The summed E-state index contributed by atoms with van der Waals surface area (Å²) in [6.45, 7) is 14.0. The average molecular weight is 937 g/mol. The number of fused-ring (bicyclic) bond motifs is 2. The summed E-state index contributed by atoms with van der Waals surface area (Å²) >= 11 is 0. The van der Waals surface area contributed by atoms with Gasteiger partial charge in [0.15, 0.2) is 0 Å². The summed E-state index contributed by atoms with van der Waals surface area (Å²) in [5, 5.41) is 0. The van der Waals surface area contributed by atoms with E-state index >= 15 is 0 Å². The number of benzene rings is 6. The molecule has 2 saturated heterocycles. The highest BCUT2D eigenvalue weighted by Crippen LogP contribution is 2.66. The quantitative estimate of drug-likeness (QED) is 0.151. The van der Waals surface area contributed by atoms with E-state index in [4.69, 9.17) is 9.47 Å². The normalized spacial score (nSPS) is 23.9. The first-order chi connectivity index (χ1) is 33.6. The van der Waals surface area contributed by atoms with Crippen molar-refractivity contribution in [3.05, 3.63) is 215 Å². The molecule has 2 aliphatic carbocycles. The van der Waals surface area contributed by atoms with E-state index in [1.807, 2.05) is 209 Å². The molecule has 4 amide bonds. The fourth-order valence-corrected chi connectivity index (χ4v) is 11.1. The van der Waals surface area contributed by atoms with Gasteiger partial charge in [-0.1, -0.05) is 182 Å². The summed E-state index contributed by atoms with van der Waals surface area (Å²) in [6.07, 6.45) is -0.730. The second kappa shape index (κ2) is 19.3. The van der Waals surface area contributed by atoms with Crippen molar-refractivity contribution in [1.29, 1.82) is 0 Å². The maximum atomic E-state index is 14.5. The van der Waals surface area contributed by atoms with E-state index in [-0.39, 0.29) is 47.9 Å². The van der Waals surface area contributed by atoms with Gasteiger partial charge >= 0.3 is 12.2 Å². The molecule has 6 atom stereocenters. The molecule has 10 nitrogen and oxygen atoms in total. The standard InChI is InChI=1S/2C30H32N2O3/c2*1-29(2,3)35-28(34)32-20-19-31(21-22-13-7-4-8-14-22)27(33)30(24-17-11-6-12-18-24)25(26(30)32)23-15-9-5-10-16-23/h2*4-18,25-26H,19-21H2,1-3H3/t2*25-,26-,30+/m00/s1. The van der Waals surface area contributed by atoms with E-state index in [9.17, 15) is 19.2 Å². The molecular weight excluding hydrogens is 873 g/mol. The lowest BCUT2D eigenvalue weighted by Gasteiger charge is -2.29. The van der Waals surface area contributed by atoms with Crippen molar-refractivity contribution >= 4 is 24.0 Å². The van der Waals surface area contributed by atoms with E-state index in [0.29, 0.717) is 39.3 Å². The van der Waals surface area contributed by atoms with Crippen molar-refractivity contribution in [2.24, 2.45) is 0 Å². The number of carbonyl (C=O) groups excluding carboxylic acids is 4. The van der Waals surface area contributed by atoms with Crippen LogP contribution in [0.3, 0.4) is 0 Å². The molecule has 70 heavy (non-hydrogen) atoms. The molecule has 10 heteroatoms. The maximum Gasteiger partial charge on any atom is 0.410 e. The van der Waals surface area contributed by atoms with Crippen LogP contribution in [-0.4, -0.2) is 93.1 Å². The zero-order valence-electron chi connectivity index (χ0n) is 41.1. The molecule has 6 aromatic rings. The smallest absolute Gasteiger partial charge is 0.410 e. The molecule has 2 saturated carbocycles. The zero-order chi connectivity index (χ0) is 49.3. The molecule has 6 aromatic carbocycles. The van der Waals surface area contributed by atoms with Gasteiger partial charge in [-0.2, -0.15) is 0 Å². The number of amides is 4. The average Bonchev–Trinajstić information content (AvgIpc) is 4.26. The van der Waals surface area contributed by atoms with Crippen molar-refractivity contribution in [3.63, 3.8) is 0 Å². The van der Waals surface area contributed by atoms with Gasteiger partial charge in [0.05, 0.1) is 12.1 Å². The molecule has 10 rings (SSSR count). The Bertz CT molecular complexity index is 2570. The second-order valence-electron chi connectivity index (χ2n) is 20.9. The molecule has 0 unspecified atom stereocenters. The Balaban J connectivity index is 0.000000174. The minimum absolute atomic E-state index is 0.0671. The van der Waals surface area contributed by atoms with Crippen LogP contribution >= 0.6 is 0 Å². The predicted molar refractivity (Wildman–Crippen MR) is 272 cm³/mol. The molecule has 2 aliphatic heterocycles. The van der Waals surface area contributed by atoms with Crippen LogP contribution in [0.15, 0.2) is 182 Å². The van der Waals surface area contributed by atoms with Gasteiger partial charge in [-0.15, -0.1) is 0 Å². The van der Waals surface area contributed by atoms with Crippen LogP contribution in [0.25, 0.3) is 0 Å². The lowest BCUT2D eigenvalue weighted by molar-refractivity contribution is -0.135. The van der Waals surface area contributed by atoms with Crippen molar-refractivity contribution in [3.8, 4) is 0 Å². The van der Waals surface area contributed by atoms with E-state index in [0.717, 1.165) is 33.4 Å². The maximum absolute atomic E-state index is 14.5. The Morgan fingerprint density at radius 2 is 0.729 bits per heavy atom. The van der Waals surface area contributed by atoms with Crippen LogP contribution < -0.4 is 0 Å². The van der Waals surface area contributed by atoms with Gasteiger partial charge in [-0.3, -0.25) is 9.59 Å². The summed E-state index contributed by atoms with van der Waals surface area (Å²) in [5.41, 5.74) is 3.19. The molecule has 0 aromatic heterocycles. The molecule has 2 heterocycles. The largest absolute Gasteiger partial charge is 0.444 e. The molecule has 4 fully saturated rings. The minimum atomic E-state index is -0.856. The third-order valence-corrected chi connectivity index (χ3v) is 14.0. The number of nitrogens with zero attached hydrogens (tertiary/aromatic N) is 4. The predicted octanol–water partition coefficient (Wildman–Crippen LogP) is 10.7. The molecule has 4 aliphatic rings. The third-order valence-electron chi connectivity index (χ3n) is 14.0. The first kappa shape index (κ1) is 47.8. The number of rotatable bonds is 8. The highest BCUT2D eigenvalue weighted by molar-refractivity contribution is 5.98. The Morgan fingerprint density at radius 1 is 0.443 bits per heavy atom. The van der Waals surface area contributed by atoms with Gasteiger partial charge in [0.25, 0.3) is 0 Å². The fourth-order valence-electron chi connectivity index (χ4n) is 11.1. The number of hydrogen-bond acceptors (Lipinski definition) is 6. The van der Waals surface area contributed by atoms with Gasteiger partial charge < -0.3 is 29.1 Å². The second-order valence-corrected chi connectivity index (χ2v) is 20.9. The zero-order valence-corrected chi connectivity index (χ0v) is 41.1. The van der Waals surface area contributed by atoms with E-state index in [1.54, 1.807) is 9.80 Å². The Morgan fingerprint density at radius 3 is 1.03 bits per heavy atom. The first-order valence-corrected chi connectivity index (χ1v) is 24.5. The first-order valence-electron chi connectivity index (χ1n) is 24.5. The molecule has 0 N–H and O–H groups in total. The van der Waals surface area contributed by atoms with Crippen LogP contribution in [0.1, 0.15) is 86.8 Å². The Kier molecular flexibility index (Phi) is 13.2. The van der Waals surface area contributed by atoms with E-state index in [1.165, 1.54) is 0 Å².